The van der Waals surface area contributed by atoms with Gasteiger partial charge in [0.15, 0.2) is 0 Å². The van der Waals surface area contributed by atoms with Crippen molar-refractivity contribution in [2.45, 2.75) is 19.9 Å². The lowest BCUT2D eigenvalue weighted by Crippen LogP contribution is -2.34. The Bertz CT molecular complexity index is 320. The molecular weight excluding hydrogens is 227 g/mol. The molecule has 2 N–H and O–H groups in total. The molecule has 0 unspecified atom stereocenters. The summed E-state index contributed by atoms with van der Waals surface area (Å²) in [5.74, 6) is -0.283. The molecule has 1 aromatic carbocycles. The fourth-order valence-electron chi connectivity index (χ4n) is 1.94. The molecule has 2 nitrogen and oxygen atoms in total. The molecule has 0 aromatic heterocycles. The van der Waals surface area contributed by atoms with Crippen LogP contribution in [0.2, 0.25) is 5.02 Å². The zero-order chi connectivity index (χ0) is 12.1. The largest absolute Gasteiger partial charge is 0.329 e. The first-order valence-corrected chi connectivity index (χ1v) is 5.91. The number of benzene rings is 1. The predicted molar refractivity (Wildman–Crippen MR) is 66.1 cm³/mol. The van der Waals surface area contributed by atoms with Crippen molar-refractivity contribution in [1.82, 2.24) is 4.90 Å². The second kappa shape index (κ2) is 6.18. The zero-order valence-corrected chi connectivity index (χ0v) is 10.5. The van der Waals surface area contributed by atoms with E-state index >= 15 is 0 Å². The molecule has 4 heteroatoms. The third-order valence-electron chi connectivity index (χ3n) is 2.81. The van der Waals surface area contributed by atoms with Gasteiger partial charge in [-0.15, -0.1) is 0 Å². The lowest BCUT2D eigenvalue weighted by atomic mass is 10.0. The summed E-state index contributed by atoms with van der Waals surface area (Å²) in [5.41, 5.74) is 6.24. The summed E-state index contributed by atoms with van der Waals surface area (Å²) < 4.78 is 13.8. The molecule has 1 aromatic rings. The molecule has 16 heavy (non-hydrogen) atoms. The fraction of sp³-hybridized carbons (Fsp3) is 0.500. The van der Waals surface area contributed by atoms with E-state index < -0.39 is 0 Å². The van der Waals surface area contributed by atoms with Crippen molar-refractivity contribution in [3.63, 3.8) is 0 Å². The van der Waals surface area contributed by atoms with Gasteiger partial charge >= 0.3 is 0 Å². The number of rotatable bonds is 5. The van der Waals surface area contributed by atoms with Gasteiger partial charge in [-0.2, -0.15) is 0 Å². The first-order chi connectivity index (χ1) is 7.65. The number of nitrogens with two attached hydrogens (primary N) is 1. The second-order valence-corrected chi connectivity index (χ2v) is 4.02. The van der Waals surface area contributed by atoms with Gasteiger partial charge in [-0.3, -0.25) is 4.90 Å². The van der Waals surface area contributed by atoms with Gasteiger partial charge in [-0.1, -0.05) is 31.5 Å². The van der Waals surface area contributed by atoms with E-state index in [2.05, 4.69) is 4.90 Å². The maximum absolute atomic E-state index is 13.8. The first kappa shape index (κ1) is 13.4. The van der Waals surface area contributed by atoms with Gasteiger partial charge in [-0.05, 0) is 25.2 Å². The lowest BCUT2D eigenvalue weighted by Gasteiger charge is -2.29. The molecule has 0 aliphatic rings. The monoisotopic (exact) mass is 244 g/mol. The highest BCUT2D eigenvalue weighted by Crippen LogP contribution is 2.29. The van der Waals surface area contributed by atoms with Crippen molar-refractivity contribution < 1.29 is 4.39 Å². The van der Waals surface area contributed by atoms with E-state index in [1.165, 1.54) is 6.07 Å². The second-order valence-electron chi connectivity index (χ2n) is 3.61. The maximum Gasteiger partial charge on any atom is 0.129 e. The minimum absolute atomic E-state index is 0.149. The van der Waals surface area contributed by atoms with Crippen LogP contribution in [0, 0.1) is 5.82 Å². The van der Waals surface area contributed by atoms with Gasteiger partial charge in [0, 0.05) is 17.1 Å². The molecular formula is C12H18ClFN2. The Hall–Kier alpha value is -0.640. The van der Waals surface area contributed by atoms with Crippen LogP contribution >= 0.6 is 11.6 Å². The number of nitrogens with zero attached hydrogens (tertiary/aromatic N) is 1. The molecule has 0 aliphatic heterocycles. The minimum atomic E-state index is -0.283. The van der Waals surface area contributed by atoms with Gasteiger partial charge < -0.3 is 5.73 Å². The summed E-state index contributed by atoms with van der Waals surface area (Å²) in [6.45, 7) is 6.07. The van der Waals surface area contributed by atoms with Crippen molar-refractivity contribution in [1.29, 1.82) is 0 Å². The highest BCUT2D eigenvalue weighted by molar-refractivity contribution is 6.31. The molecule has 90 valence electrons. The van der Waals surface area contributed by atoms with Crippen LogP contribution in [0.15, 0.2) is 18.2 Å². The number of hydrogen-bond acceptors (Lipinski definition) is 2. The number of hydrogen-bond donors (Lipinski definition) is 1. The first-order valence-electron chi connectivity index (χ1n) is 5.53. The number of likely N-dealkylation sites (N-methyl/N-ethyl adjacent to an activating group) is 1. The highest BCUT2D eigenvalue weighted by atomic mass is 35.5. The van der Waals surface area contributed by atoms with Crippen LogP contribution < -0.4 is 5.73 Å². The van der Waals surface area contributed by atoms with Crippen LogP contribution in [0.3, 0.4) is 0 Å². The molecule has 0 saturated heterocycles. The highest BCUT2D eigenvalue weighted by Gasteiger charge is 2.22. The fourth-order valence-corrected chi connectivity index (χ4v) is 2.23. The van der Waals surface area contributed by atoms with E-state index in [-0.39, 0.29) is 11.9 Å². The van der Waals surface area contributed by atoms with E-state index in [4.69, 9.17) is 17.3 Å². The van der Waals surface area contributed by atoms with Crippen molar-refractivity contribution in [2.24, 2.45) is 5.73 Å². The van der Waals surface area contributed by atoms with Crippen LogP contribution in [0.1, 0.15) is 25.5 Å². The Balaban J connectivity index is 3.12. The topological polar surface area (TPSA) is 29.3 Å². The minimum Gasteiger partial charge on any atom is -0.329 e. The van der Waals surface area contributed by atoms with Crippen LogP contribution in [0.4, 0.5) is 4.39 Å². The van der Waals surface area contributed by atoms with E-state index in [9.17, 15) is 4.39 Å². The van der Waals surface area contributed by atoms with E-state index in [1.807, 2.05) is 13.8 Å². The summed E-state index contributed by atoms with van der Waals surface area (Å²) >= 11 is 6.04. The molecule has 0 amide bonds. The van der Waals surface area contributed by atoms with E-state index in [0.29, 0.717) is 17.1 Å². The van der Waals surface area contributed by atoms with Crippen LogP contribution in [0.5, 0.6) is 0 Å². The molecule has 1 atom stereocenters. The molecule has 0 spiro atoms. The third-order valence-corrected chi connectivity index (χ3v) is 3.14. The average molecular weight is 245 g/mol. The van der Waals surface area contributed by atoms with Crippen molar-refractivity contribution in [3.8, 4) is 0 Å². The standard InChI is InChI=1S/C12H18ClFN2/c1-3-16(4-2)11(8-15)12-9(13)6-5-7-10(12)14/h5-7,11H,3-4,8,15H2,1-2H3/t11-/m0/s1. The molecule has 0 bridgehead atoms. The summed E-state index contributed by atoms with van der Waals surface area (Å²) in [7, 11) is 0. The quantitative estimate of drug-likeness (QED) is 0.863. The van der Waals surface area contributed by atoms with Crippen molar-refractivity contribution in [3.05, 3.63) is 34.6 Å². The van der Waals surface area contributed by atoms with Crippen LogP contribution in [-0.2, 0) is 0 Å². The van der Waals surface area contributed by atoms with E-state index in [0.717, 1.165) is 13.1 Å². The zero-order valence-electron chi connectivity index (χ0n) is 9.71. The molecule has 1 rings (SSSR count). The van der Waals surface area contributed by atoms with Crippen LogP contribution in [0.25, 0.3) is 0 Å². The Morgan fingerprint density at radius 1 is 1.38 bits per heavy atom. The molecule has 0 aliphatic carbocycles. The lowest BCUT2D eigenvalue weighted by molar-refractivity contribution is 0.219. The van der Waals surface area contributed by atoms with E-state index in [1.54, 1.807) is 12.1 Å². The Kier molecular flexibility index (Phi) is 5.19. The molecule has 0 radical (unpaired) electrons. The average Bonchev–Trinajstić information content (AvgIpc) is 2.28. The summed E-state index contributed by atoms with van der Waals surface area (Å²) in [4.78, 5) is 2.10. The van der Waals surface area contributed by atoms with Crippen molar-refractivity contribution >= 4 is 11.6 Å². The van der Waals surface area contributed by atoms with Crippen LogP contribution in [-0.4, -0.2) is 24.5 Å². The molecule has 0 saturated carbocycles. The van der Waals surface area contributed by atoms with Gasteiger partial charge in [0.2, 0.25) is 0 Å². The molecule has 0 fully saturated rings. The maximum atomic E-state index is 13.8. The van der Waals surface area contributed by atoms with Gasteiger partial charge in [0.05, 0.1) is 6.04 Å². The SMILES string of the molecule is CCN(CC)[C@@H](CN)c1c(F)cccc1Cl. The van der Waals surface area contributed by atoms with Gasteiger partial charge in [-0.25, -0.2) is 4.39 Å². The Morgan fingerprint density at radius 3 is 2.44 bits per heavy atom. The van der Waals surface area contributed by atoms with Gasteiger partial charge in [0.25, 0.3) is 0 Å². The predicted octanol–water partition coefficient (Wildman–Crippen LogP) is 2.82. The Morgan fingerprint density at radius 2 is 2.00 bits per heavy atom. The number of halogens is 2. The van der Waals surface area contributed by atoms with Crippen molar-refractivity contribution in [2.75, 3.05) is 19.6 Å². The smallest absolute Gasteiger partial charge is 0.129 e. The summed E-state index contributed by atoms with van der Waals surface area (Å²) in [6, 6.07) is 4.58. The summed E-state index contributed by atoms with van der Waals surface area (Å²) in [6.07, 6.45) is 0. The van der Waals surface area contributed by atoms with Gasteiger partial charge in [0.1, 0.15) is 5.82 Å². The normalized spacial score (nSPS) is 13.1. The summed E-state index contributed by atoms with van der Waals surface area (Å²) in [5, 5.41) is 0.447. The molecule has 0 heterocycles. The third kappa shape index (κ3) is 2.73. The Labute approximate surface area is 101 Å².